The van der Waals surface area contributed by atoms with Crippen molar-refractivity contribution in [3.05, 3.63) is 33.9 Å². The van der Waals surface area contributed by atoms with Gasteiger partial charge in [-0.2, -0.15) is 0 Å². The molecule has 1 aromatic carbocycles. The Morgan fingerprint density at radius 2 is 2.10 bits per heavy atom. The number of nitro benzene ring substituents is 1. The van der Waals surface area contributed by atoms with Crippen molar-refractivity contribution >= 4 is 17.9 Å². The van der Waals surface area contributed by atoms with Gasteiger partial charge in [-0.05, 0) is 13.0 Å². The standard InChI is InChI=1S/C11H9F3N2O5/c1-6(18)10(15-5-17)8-3-2-7(16(19)20)4-9(8)21-11(12,13)14/h2-5,10H,1H3,(H,15,17). The van der Waals surface area contributed by atoms with E-state index >= 15 is 0 Å². The SMILES string of the molecule is CC(=O)C(NC=O)c1ccc([N+](=O)[O-])cc1OC(F)(F)F. The lowest BCUT2D eigenvalue weighted by Crippen LogP contribution is -2.27. The second-order valence-electron chi connectivity index (χ2n) is 3.86. The van der Waals surface area contributed by atoms with Crippen LogP contribution >= 0.6 is 0 Å². The Kier molecular flexibility index (Phi) is 4.84. The predicted molar refractivity (Wildman–Crippen MR) is 62.4 cm³/mol. The zero-order chi connectivity index (χ0) is 16.2. The molecule has 1 aromatic rings. The number of Topliss-reactive ketones (excluding diaryl/α,β-unsaturated/α-hetero) is 1. The largest absolute Gasteiger partial charge is 0.573 e. The summed E-state index contributed by atoms with van der Waals surface area (Å²) < 4.78 is 40.7. The third-order valence-corrected chi connectivity index (χ3v) is 2.39. The molecule has 1 N–H and O–H groups in total. The van der Waals surface area contributed by atoms with Gasteiger partial charge in [-0.3, -0.25) is 19.7 Å². The monoisotopic (exact) mass is 306 g/mol. The van der Waals surface area contributed by atoms with Gasteiger partial charge in [0.05, 0.1) is 11.0 Å². The highest BCUT2D eigenvalue weighted by molar-refractivity contribution is 5.85. The minimum Gasteiger partial charge on any atom is -0.405 e. The number of nitrogens with one attached hydrogen (secondary N) is 1. The molecule has 0 aliphatic heterocycles. The molecule has 114 valence electrons. The number of amides is 1. The van der Waals surface area contributed by atoms with Crippen LogP contribution in [0.15, 0.2) is 18.2 Å². The van der Waals surface area contributed by atoms with Crippen LogP contribution in [0.4, 0.5) is 18.9 Å². The molecule has 0 fully saturated rings. The quantitative estimate of drug-likeness (QED) is 0.491. The third kappa shape index (κ3) is 4.44. The van der Waals surface area contributed by atoms with Crippen molar-refractivity contribution in [2.75, 3.05) is 0 Å². The van der Waals surface area contributed by atoms with E-state index in [0.717, 1.165) is 19.1 Å². The number of ether oxygens (including phenoxy) is 1. The van der Waals surface area contributed by atoms with Crippen LogP contribution in [0, 0.1) is 10.1 Å². The van der Waals surface area contributed by atoms with E-state index in [9.17, 15) is 32.9 Å². The van der Waals surface area contributed by atoms with Gasteiger partial charge in [0.15, 0.2) is 5.78 Å². The van der Waals surface area contributed by atoms with Gasteiger partial charge in [-0.1, -0.05) is 0 Å². The fourth-order valence-electron chi connectivity index (χ4n) is 1.58. The average molecular weight is 306 g/mol. The lowest BCUT2D eigenvalue weighted by molar-refractivity contribution is -0.385. The van der Waals surface area contributed by atoms with Crippen molar-refractivity contribution in [1.29, 1.82) is 0 Å². The van der Waals surface area contributed by atoms with Crippen LogP contribution in [-0.4, -0.2) is 23.5 Å². The number of nitro groups is 1. The van der Waals surface area contributed by atoms with E-state index in [4.69, 9.17) is 0 Å². The summed E-state index contributed by atoms with van der Waals surface area (Å²) in [5.74, 6) is -1.59. The first-order valence-electron chi connectivity index (χ1n) is 5.40. The summed E-state index contributed by atoms with van der Waals surface area (Å²) in [6.45, 7) is 1.04. The Labute approximate surface area is 115 Å². The molecular formula is C11H9F3N2O5. The van der Waals surface area contributed by atoms with Crippen molar-refractivity contribution in [2.24, 2.45) is 0 Å². The summed E-state index contributed by atoms with van der Waals surface area (Å²) >= 11 is 0. The highest BCUT2D eigenvalue weighted by atomic mass is 19.4. The molecule has 21 heavy (non-hydrogen) atoms. The van der Waals surface area contributed by atoms with E-state index in [-0.39, 0.29) is 12.0 Å². The molecule has 0 saturated carbocycles. The van der Waals surface area contributed by atoms with Crippen LogP contribution < -0.4 is 10.1 Å². The van der Waals surface area contributed by atoms with Crippen LogP contribution in [0.25, 0.3) is 0 Å². The van der Waals surface area contributed by atoms with Gasteiger partial charge in [0.1, 0.15) is 11.8 Å². The molecule has 1 rings (SSSR count). The first kappa shape index (κ1) is 16.4. The number of rotatable bonds is 6. The third-order valence-electron chi connectivity index (χ3n) is 2.39. The Bertz CT molecular complexity index is 573. The number of non-ortho nitro benzene ring substituents is 1. The number of nitrogens with zero attached hydrogens (tertiary/aromatic N) is 1. The van der Waals surface area contributed by atoms with E-state index in [1.807, 2.05) is 5.32 Å². The molecule has 0 aliphatic rings. The predicted octanol–water partition coefficient (Wildman–Crippen LogP) is 1.87. The summed E-state index contributed by atoms with van der Waals surface area (Å²) in [7, 11) is 0. The Morgan fingerprint density at radius 3 is 2.52 bits per heavy atom. The van der Waals surface area contributed by atoms with Gasteiger partial charge in [-0.25, -0.2) is 0 Å². The lowest BCUT2D eigenvalue weighted by Gasteiger charge is -2.18. The number of hydrogen-bond donors (Lipinski definition) is 1. The minimum atomic E-state index is -5.10. The summed E-state index contributed by atoms with van der Waals surface area (Å²) in [6, 6.07) is 0.953. The van der Waals surface area contributed by atoms with E-state index in [1.165, 1.54) is 0 Å². The van der Waals surface area contributed by atoms with Crippen LogP contribution in [0.3, 0.4) is 0 Å². The normalized spacial score (nSPS) is 12.4. The minimum absolute atomic E-state index is 0.130. The summed E-state index contributed by atoms with van der Waals surface area (Å²) in [4.78, 5) is 31.5. The molecule has 0 aromatic heterocycles. The molecule has 0 bridgehead atoms. The molecule has 1 unspecified atom stereocenters. The van der Waals surface area contributed by atoms with Gasteiger partial charge in [-0.15, -0.1) is 13.2 Å². The molecule has 0 heterocycles. The number of carbonyl (C=O) groups excluding carboxylic acids is 2. The Balaban J connectivity index is 3.38. The zero-order valence-electron chi connectivity index (χ0n) is 10.5. The van der Waals surface area contributed by atoms with Crippen molar-refractivity contribution in [1.82, 2.24) is 5.32 Å². The first-order valence-corrected chi connectivity index (χ1v) is 5.40. The molecule has 1 atom stereocenters. The van der Waals surface area contributed by atoms with Crippen LogP contribution in [0.1, 0.15) is 18.5 Å². The highest BCUT2D eigenvalue weighted by Gasteiger charge is 2.34. The fourth-order valence-corrected chi connectivity index (χ4v) is 1.58. The maximum Gasteiger partial charge on any atom is 0.573 e. The van der Waals surface area contributed by atoms with Gasteiger partial charge in [0.2, 0.25) is 6.41 Å². The number of carbonyl (C=O) groups is 2. The van der Waals surface area contributed by atoms with E-state index in [0.29, 0.717) is 6.07 Å². The van der Waals surface area contributed by atoms with E-state index < -0.39 is 34.5 Å². The van der Waals surface area contributed by atoms with Gasteiger partial charge in [0.25, 0.3) is 5.69 Å². The lowest BCUT2D eigenvalue weighted by atomic mass is 10.0. The highest BCUT2D eigenvalue weighted by Crippen LogP contribution is 2.33. The maximum absolute atomic E-state index is 12.3. The molecule has 0 spiro atoms. The molecule has 7 nitrogen and oxygen atoms in total. The molecule has 0 saturated heterocycles. The average Bonchev–Trinajstić information content (AvgIpc) is 2.34. The van der Waals surface area contributed by atoms with E-state index in [2.05, 4.69) is 4.74 Å². The molecular weight excluding hydrogens is 297 g/mol. The number of benzene rings is 1. The molecule has 0 aliphatic carbocycles. The van der Waals surface area contributed by atoms with Crippen molar-refractivity contribution in [2.45, 2.75) is 19.3 Å². The number of alkyl halides is 3. The van der Waals surface area contributed by atoms with Crippen LogP contribution in [0.2, 0.25) is 0 Å². The van der Waals surface area contributed by atoms with Gasteiger partial charge >= 0.3 is 6.36 Å². The smallest absolute Gasteiger partial charge is 0.405 e. The molecule has 1 amide bonds. The summed E-state index contributed by atoms with van der Waals surface area (Å²) in [5.41, 5.74) is -0.982. The number of halogens is 3. The van der Waals surface area contributed by atoms with Crippen molar-refractivity contribution < 1.29 is 32.4 Å². The first-order chi connectivity index (χ1) is 9.65. The maximum atomic E-state index is 12.3. The summed E-state index contributed by atoms with van der Waals surface area (Å²) in [5, 5.41) is 12.6. The van der Waals surface area contributed by atoms with Crippen molar-refractivity contribution in [3.8, 4) is 5.75 Å². The second-order valence-corrected chi connectivity index (χ2v) is 3.86. The van der Waals surface area contributed by atoms with Gasteiger partial charge < -0.3 is 10.1 Å². The molecule has 0 radical (unpaired) electrons. The fraction of sp³-hybridized carbons (Fsp3) is 0.273. The number of ketones is 1. The molecule has 10 heteroatoms. The van der Waals surface area contributed by atoms with Crippen LogP contribution in [0.5, 0.6) is 5.75 Å². The second kappa shape index (κ2) is 6.20. The zero-order valence-corrected chi connectivity index (χ0v) is 10.5. The topological polar surface area (TPSA) is 98.5 Å². The van der Waals surface area contributed by atoms with E-state index in [1.54, 1.807) is 0 Å². The number of hydrogen-bond acceptors (Lipinski definition) is 5. The Morgan fingerprint density at radius 1 is 1.48 bits per heavy atom. The van der Waals surface area contributed by atoms with Crippen molar-refractivity contribution in [3.63, 3.8) is 0 Å². The Hall–Kier alpha value is -2.65. The van der Waals surface area contributed by atoms with Gasteiger partial charge in [0, 0.05) is 11.6 Å². The summed E-state index contributed by atoms with van der Waals surface area (Å²) in [6.07, 6.45) is -4.97. The van der Waals surface area contributed by atoms with Crippen LogP contribution in [-0.2, 0) is 9.59 Å².